The zero-order valence-corrected chi connectivity index (χ0v) is 11.8. The second-order valence-corrected chi connectivity index (χ2v) is 6.33. The minimum Gasteiger partial charge on any atom is -0.319 e. The van der Waals surface area contributed by atoms with Crippen LogP contribution in [0.3, 0.4) is 0 Å². The number of hydrogen-bond donors (Lipinski definition) is 1. The first-order valence-corrected chi connectivity index (χ1v) is 7.64. The maximum atomic E-state index is 13.4. The third-order valence-corrected chi connectivity index (χ3v) is 5.13. The van der Waals surface area contributed by atoms with Crippen LogP contribution in [0.4, 0.5) is 13.2 Å². The van der Waals surface area contributed by atoms with Gasteiger partial charge in [-0.1, -0.05) is 0 Å². The molecule has 0 amide bonds. The Kier molecular flexibility index (Phi) is 3.04. The van der Waals surface area contributed by atoms with Crippen LogP contribution >= 0.6 is 0 Å². The molecule has 5 rings (SSSR count). The molecule has 2 bridgehead atoms. The minimum absolute atomic E-state index is 0.0570. The molecule has 4 nitrogen and oxygen atoms in total. The van der Waals surface area contributed by atoms with Gasteiger partial charge in [0, 0.05) is 31.7 Å². The Morgan fingerprint density at radius 2 is 1.95 bits per heavy atom. The predicted octanol–water partition coefficient (Wildman–Crippen LogP) is 1.81. The van der Waals surface area contributed by atoms with Crippen LogP contribution in [-0.2, 0) is 19.1 Å². The topological polar surface area (TPSA) is 33.1 Å². The number of halogens is 3. The number of aromatic nitrogens is 2. The highest BCUT2D eigenvalue weighted by Gasteiger charge is 2.44. The lowest BCUT2D eigenvalue weighted by molar-refractivity contribution is -0.149. The summed E-state index contributed by atoms with van der Waals surface area (Å²) in [6, 6.07) is -0.0570. The van der Waals surface area contributed by atoms with Gasteiger partial charge < -0.3 is 14.8 Å². The normalized spacial score (nSPS) is 32.2. The van der Waals surface area contributed by atoms with Gasteiger partial charge in [0.25, 0.3) is 0 Å². The van der Waals surface area contributed by atoms with E-state index in [0.717, 1.165) is 44.7 Å². The monoisotopic (exact) mass is 300 g/mol. The molecule has 3 saturated heterocycles. The van der Waals surface area contributed by atoms with Gasteiger partial charge in [0.15, 0.2) is 0 Å². The average Bonchev–Trinajstić information content (AvgIpc) is 2.88. The summed E-state index contributed by atoms with van der Waals surface area (Å²) < 4.78 is 41.8. The summed E-state index contributed by atoms with van der Waals surface area (Å²) in [7, 11) is 0. The Labute approximate surface area is 121 Å². The molecule has 5 heterocycles. The highest BCUT2D eigenvalue weighted by Crippen LogP contribution is 2.41. The quantitative estimate of drug-likeness (QED) is 0.859. The molecule has 4 aliphatic heterocycles. The zero-order chi connectivity index (χ0) is 14.6. The fraction of sp³-hybridized carbons (Fsp3) is 0.786. The third-order valence-electron chi connectivity index (χ3n) is 5.13. The average molecular weight is 300 g/mol. The van der Waals surface area contributed by atoms with E-state index in [0.29, 0.717) is 24.6 Å². The van der Waals surface area contributed by atoms with Crippen LogP contribution in [0, 0.1) is 5.92 Å². The third kappa shape index (κ3) is 2.17. The standard InChI is InChI=1S/C14H19F3N4/c15-14(16,17)13-19-10-7-18-4-1-11(10)21(13)12-8-20-5-2-9(12)3-6-20/h9,12,18H,1-8H2. The van der Waals surface area contributed by atoms with Crippen molar-refractivity contribution in [1.29, 1.82) is 0 Å². The Bertz CT molecular complexity index is 543. The van der Waals surface area contributed by atoms with E-state index in [1.54, 1.807) is 4.57 Å². The van der Waals surface area contributed by atoms with Gasteiger partial charge in [-0.3, -0.25) is 0 Å². The van der Waals surface area contributed by atoms with E-state index in [1.807, 2.05) is 0 Å². The van der Waals surface area contributed by atoms with Gasteiger partial charge in [-0.05, 0) is 31.8 Å². The Balaban J connectivity index is 1.81. The lowest BCUT2D eigenvalue weighted by Gasteiger charge is -2.46. The summed E-state index contributed by atoms with van der Waals surface area (Å²) >= 11 is 0. The van der Waals surface area contributed by atoms with Crippen molar-refractivity contribution in [3.05, 3.63) is 17.2 Å². The van der Waals surface area contributed by atoms with E-state index >= 15 is 0 Å². The molecule has 3 fully saturated rings. The predicted molar refractivity (Wildman–Crippen MR) is 70.8 cm³/mol. The van der Waals surface area contributed by atoms with Gasteiger partial charge in [0.05, 0.1) is 11.7 Å². The Morgan fingerprint density at radius 3 is 2.57 bits per heavy atom. The van der Waals surface area contributed by atoms with Crippen molar-refractivity contribution in [3.63, 3.8) is 0 Å². The number of nitrogens with one attached hydrogen (secondary N) is 1. The van der Waals surface area contributed by atoms with Crippen LogP contribution in [0.25, 0.3) is 0 Å². The van der Waals surface area contributed by atoms with Gasteiger partial charge in [-0.25, -0.2) is 4.98 Å². The first kappa shape index (κ1) is 13.6. The largest absolute Gasteiger partial charge is 0.449 e. The van der Waals surface area contributed by atoms with Crippen molar-refractivity contribution in [2.45, 2.75) is 38.0 Å². The molecule has 1 aromatic heterocycles. The number of alkyl halides is 3. The van der Waals surface area contributed by atoms with Crippen molar-refractivity contribution < 1.29 is 13.2 Å². The first-order valence-electron chi connectivity index (χ1n) is 7.64. The molecule has 0 radical (unpaired) electrons. The Hall–Kier alpha value is -1.08. The molecular formula is C14H19F3N4. The summed E-state index contributed by atoms with van der Waals surface area (Å²) in [4.78, 5) is 6.23. The van der Waals surface area contributed by atoms with Crippen molar-refractivity contribution in [2.24, 2.45) is 5.92 Å². The smallest absolute Gasteiger partial charge is 0.319 e. The van der Waals surface area contributed by atoms with Crippen LogP contribution in [0.5, 0.6) is 0 Å². The van der Waals surface area contributed by atoms with Crippen molar-refractivity contribution in [2.75, 3.05) is 26.2 Å². The van der Waals surface area contributed by atoms with E-state index < -0.39 is 12.0 Å². The van der Waals surface area contributed by atoms with Crippen LogP contribution in [0.15, 0.2) is 0 Å². The second-order valence-electron chi connectivity index (χ2n) is 6.33. The molecule has 1 unspecified atom stereocenters. The molecule has 21 heavy (non-hydrogen) atoms. The second kappa shape index (κ2) is 4.71. The molecule has 0 aromatic carbocycles. The molecule has 1 aromatic rings. The molecule has 0 spiro atoms. The lowest BCUT2D eigenvalue weighted by Crippen LogP contribution is -2.49. The van der Waals surface area contributed by atoms with Gasteiger partial charge in [-0.2, -0.15) is 13.2 Å². The lowest BCUT2D eigenvalue weighted by atomic mass is 9.83. The van der Waals surface area contributed by atoms with E-state index in [4.69, 9.17) is 0 Å². The number of imidazole rings is 1. The molecular weight excluding hydrogens is 281 g/mol. The fourth-order valence-corrected chi connectivity index (χ4v) is 4.12. The maximum absolute atomic E-state index is 13.4. The molecule has 7 heteroatoms. The highest BCUT2D eigenvalue weighted by atomic mass is 19.4. The van der Waals surface area contributed by atoms with Crippen LogP contribution in [0.2, 0.25) is 0 Å². The van der Waals surface area contributed by atoms with Crippen molar-refractivity contribution >= 4 is 0 Å². The van der Waals surface area contributed by atoms with Gasteiger partial charge >= 0.3 is 6.18 Å². The van der Waals surface area contributed by atoms with Crippen LogP contribution in [0.1, 0.15) is 36.1 Å². The van der Waals surface area contributed by atoms with Crippen LogP contribution < -0.4 is 5.32 Å². The summed E-state index contributed by atoms with van der Waals surface area (Å²) in [6.07, 6.45) is -1.72. The first-order chi connectivity index (χ1) is 10.0. The van der Waals surface area contributed by atoms with E-state index in [9.17, 15) is 13.2 Å². The van der Waals surface area contributed by atoms with E-state index in [1.165, 1.54) is 0 Å². The zero-order valence-electron chi connectivity index (χ0n) is 11.8. The number of hydrogen-bond acceptors (Lipinski definition) is 3. The van der Waals surface area contributed by atoms with E-state index in [-0.39, 0.29) is 6.04 Å². The minimum atomic E-state index is -4.37. The van der Waals surface area contributed by atoms with Crippen LogP contribution in [-0.4, -0.2) is 40.6 Å². The molecule has 0 saturated carbocycles. The SMILES string of the molecule is FC(F)(F)c1nc2c(n1C1CN3CCC1CC3)CCNC2. The molecule has 0 aliphatic carbocycles. The number of piperidine rings is 3. The summed E-state index contributed by atoms with van der Waals surface area (Å²) in [6.45, 7) is 3.98. The highest BCUT2D eigenvalue weighted by molar-refractivity contribution is 5.23. The number of fused-ring (bicyclic) bond motifs is 4. The van der Waals surface area contributed by atoms with Gasteiger partial charge in [0.1, 0.15) is 0 Å². The molecule has 116 valence electrons. The van der Waals surface area contributed by atoms with E-state index in [2.05, 4.69) is 15.2 Å². The number of rotatable bonds is 1. The summed E-state index contributed by atoms with van der Waals surface area (Å²) in [5.41, 5.74) is 1.39. The van der Waals surface area contributed by atoms with Gasteiger partial charge in [-0.15, -0.1) is 0 Å². The summed E-state index contributed by atoms with van der Waals surface area (Å²) in [5.74, 6) is -0.320. The Morgan fingerprint density at radius 1 is 1.19 bits per heavy atom. The number of nitrogens with zero attached hydrogens (tertiary/aromatic N) is 3. The molecule has 1 N–H and O–H groups in total. The maximum Gasteiger partial charge on any atom is 0.449 e. The van der Waals surface area contributed by atoms with Crippen molar-refractivity contribution in [3.8, 4) is 0 Å². The fourth-order valence-electron chi connectivity index (χ4n) is 4.12. The summed E-state index contributed by atoms with van der Waals surface area (Å²) in [5, 5.41) is 3.12. The van der Waals surface area contributed by atoms with Gasteiger partial charge in [0.2, 0.25) is 5.82 Å². The molecule has 4 aliphatic rings. The van der Waals surface area contributed by atoms with Crippen molar-refractivity contribution in [1.82, 2.24) is 19.8 Å². The molecule has 1 atom stereocenters.